The first-order valence-corrected chi connectivity index (χ1v) is 4.64. The molecule has 3 N–H and O–H groups in total. The highest BCUT2D eigenvalue weighted by molar-refractivity contribution is 8.57. The van der Waals surface area contributed by atoms with E-state index in [9.17, 15) is 4.79 Å². The molecule has 0 saturated heterocycles. The largest absolute Gasteiger partial charge is 0.351 e. The third kappa shape index (κ3) is 6.14. The molecule has 0 aliphatic rings. The van der Waals surface area contributed by atoms with E-state index in [2.05, 4.69) is 22.3 Å². The van der Waals surface area contributed by atoms with Crippen molar-refractivity contribution in [2.75, 3.05) is 0 Å². The second-order valence-corrected chi connectivity index (χ2v) is 3.50. The molecular formula is CH3N2OPS2. The summed E-state index contributed by atoms with van der Waals surface area (Å²) >= 11 is 5.51. The molecule has 0 aliphatic heterocycles. The van der Waals surface area contributed by atoms with E-state index >= 15 is 0 Å². The van der Waals surface area contributed by atoms with Crippen LogP contribution in [0.2, 0.25) is 0 Å². The molecule has 0 atom stereocenters. The second kappa shape index (κ2) is 4.30. The molecule has 7 heavy (non-hydrogen) atoms. The van der Waals surface area contributed by atoms with Crippen LogP contribution in [-0.2, 0) is 11.8 Å². The van der Waals surface area contributed by atoms with Gasteiger partial charge in [-0.2, -0.15) is 0 Å². The van der Waals surface area contributed by atoms with Gasteiger partial charge in [0.1, 0.15) is 0 Å². The minimum absolute atomic E-state index is 0.553. The highest BCUT2D eigenvalue weighted by atomic mass is 32.9. The average molecular weight is 154 g/mol. The lowest BCUT2D eigenvalue weighted by Gasteiger charge is -1.87. The summed E-state index contributed by atoms with van der Waals surface area (Å²) in [4.78, 5) is 9.80. The van der Waals surface area contributed by atoms with Crippen molar-refractivity contribution in [2.45, 2.75) is 0 Å². The molecule has 6 heteroatoms. The number of carbonyl (C=O) groups is 1. The molecule has 0 aromatic heterocycles. The van der Waals surface area contributed by atoms with Gasteiger partial charge in [-0.15, -0.1) is 0 Å². The van der Waals surface area contributed by atoms with E-state index < -0.39 is 6.03 Å². The number of rotatable bonds is 2. The van der Waals surface area contributed by atoms with Crippen molar-refractivity contribution < 1.29 is 4.79 Å². The van der Waals surface area contributed by atoms with Gasteiger partial charge in [0, 0.05) is 11.6 Å². The van der Waals surface area contributed by atoms with Crippen LogP contribution < -0.4 is 10.5 Å². The molecule has 0 aliphatic carbocycles. The Kier molecular flexibility index (Phi) is 4.39. The van der Waals surface area contributed by atoms with Crippen LogP contribution >= 0.6 is 18.1 Å². The molecule has 0 fully saturated rings. The number of nitrogens with two attached hydrogens (primary N) is 1. The molecule has 0 spiro atoms. The Morgan fingerprint density at radius 2 is 2.57 bits per heavy atom. The number of nitrogens with one attached hydrogen (secondary N) is 1. The molecule has 0 aromatic rings. The van der Waals surface area contributed by atoms with Crippen LogP contribution in [0.1, 0.15) is 0 Å². The predicted octanol–water partition coefficient (Wildman–Crippen LogP) is 0.626. The van der Waals surface area contributed by atoms with Crippen molar-refractivity contribution in [1.29, 1.82) is 0 Å². The fraction of sp³-hybridized carbons (Fsp3) is 0. The molecular weight excluding hydrogens is 151 g/mol. The maximum atomic E-state index is 9.80. The Bertz CT molecular complexity index is 85.8. The van der Waals surface area contributed by atoms with Crippen LogP contribution in [0.4, 0.5) is 4.79 Å². The molecule has 2 amide bonds. The van der Waals surface area contributed by atoms with Gasteiger partial charge in [-0.05, 0) is 11.8 Å². The summed E-state index contributed by atoms with van der Waals surface area (Å²) in [6.45, 7) is 0.628. The summed E-state index contributed by atoms with van der Waals surface area (Å²) in [5.74, 6) is 0. The number of amides is 2. The zero-order valence-electron chi connectivity index (χ0n) is 3.25. The number of hydrogen-bond acceptors (Lipinski definition) is 3. The molecule has 0 bridgehead atoms. The van der Waals surface area contributed by atoms with E-state index in [0.29, 0.717) is 6.56 Å². The second-order valence-electron chi connectivity index (χ2n) is 0.632. The van der Waals surface area contributed by atoms with Gasteiger partial charge < -0.3 is 5.73 Å². The van der Waals surface area contributed by atoms with Gasteiger partial charge >= 0.3 is 6.03 Å². The van der Waals surface area contributed by atoms with Gasteiger partial charge in [0.25, 0.3) is 0 Å². The van der Waals surface area contributed by atoms with E-state index in [1.54, 1.807) is 0 Å². The Morgan fingerprint density at radius 3 is 2.71 bits per heavy atom. The maximum absolute atomic E-state index is 9.80. The third-order valence-corrected chi connectivity index (χ3v) is 1.72. The Morgan fingerprint density at radius 1 is 2.00 bits per heavy atom. The lowest BCUT2D eigenvalue weighted by molar-refractivity contribution is 0.254. The topological polar surface area (TPSA) is 55.1 Å². The Hall–Kier alpha value is 0.140. The molecule has 40 valence electrons. The van der Waals surface area contributed by atoms with E-state index in [1.165, 1.54) is 0 Å². The van der Waals surface area contributed by atoms with Crippen LogP contribution in [0.15, 0.2) is 0 Å². The fourth-order valence-electron chi connectivity index (χ4n) is 0.0636. The van der Waals surface area contributed by atoms with E-state index in [0.717, 1.165) is 11.6 Å². The number of urea groups is 1. The van der Waals surface area contributed by atoms with Gasteiger partial charge in [-0.25, -0.2) is 4.79 Å². The SMILES string of the molecule is NC(=O)NSP=S. The molecule has 0 radical (unpaired) electrons. The maximum Gasteiger partial charge on any atom is 0.322 e. The zero-order valence-corrected chi connectivity index (χ0v) is 5.78. The van der Waals surface area contributed by atoms with E-state index in [-0.39, 0.29) is 0 Å². The average Bonchev–Trinajstić information content (AvgIpc) is 1.61. The normalized spacial score (nSPS) is 8.57. The summed E-state index contributed by atoms with van der Waals surface area (Å²) in [5.41, 5.74) is 4.66. The van der Waals surface area contributed by atoms with Gasteiger partial charge in [0.2, 0.25) is 0 Å². The minimum Gasteiger partial charge on any atom is -0.351 e. The molecule has 0 saturated carbocycles. The highest BCUT2D eigenvalue weighted by Gasteiger charge is 1.84. The quantitative estimate of drug-likeness (QED) is 0.453. The van der Waals surface area contributed by atoms with Crippen LogP contribution in [0.5, 0.6) is 0 Å². The zero-order chi connectivity index (χ0) is 5.70. The molecule has 3 nitrogen and oxygen atoms in total. The number of carbonyl (C=O) groups excluding carboxylic acids is 1. The first-order chi connectivity index (χ1) is 3.27. The first-order valence-electron chi connectivity index (χ1n) is 1.31. The van der Waals surface area contributed by atoms with Crippen LogP contribution in [0.25, 0.3) is 0 Å². The molecule has 0 unspecified atom stereocenters. The van der Waals surface area contributed by atoms with Crippen molar-refractivity contribution >= 4 is 36.0 Å². The van der Waals surface area contributed by atoms with Crippen molar-refractivity contribution in [1.82, 2.24) is 4.72 Å². The highest BCUT2D eigenvalue weighted by Crippen LogP contribution is 2.10. The van der Waals surface area contributed by atoms with Crippen molar-refractivity contribution in [2.24, 2.45) is 5.73 Å². The first kappa shape index (κ1) is 7.14. The van der Waals surface area contributed by atoms with Gasteiger partial charge in [0.05, 0.1) is 6.56 Å². The van der Waals surface area contributed by atoms with Crippen molar-refractivity contribution in [3.05, 3.63) is 0 Å². The smallest absolute Gasteiger partial charge is 0.322 e. The third-order valence-electron chi connectivity index (χ3n) is 0.184. The monoisotopic (exact) mass is 154 g/mol. The Labute approximate surface area is 51.7 Å². The fourth-order valence-corrected chi connectivity index (χ4v) is 0.908. The van der Waals surface area contributed by atoms with E-state index in [1.807, 2.05) is 0 Å². The van der Waals surface area contributed by atoms with Crippen molar-refractivity contribution in [3.63, 3.8) is 0 Å². The lowest BCUT2D eigenvalue weighted by atomic mass is 11.2. The Balaban J connectivity index is 2.97. The van der Waals surface area contributed by atoms with Crippen LogP contribution in [0, 0.1) is 0 Å². The summed E-state index contributed by atoms with van der Waals surface area (Å²) < 4.78 is 2.23. The van der Waals surface area contributed by atoms with E-state index in [4.69, 9.17) is 0 Å². The summed E-state index contributed by atoms with van der Waals surface area (Å²) in [7, 11) is 0. The van der Waals surface area contributed by atoms with Crippen molar-refractivity contribution in [3.8, 4) is 0 Å². The van der Waals surface area contributed by atoms with Gasteiger partial charge in [-0.1, -0.05) is 0 Å². The van der Waals surface area contributed by atoms with Gasteiger partial charge in [0.15, 0.2) is 0 Å². The molecule has 0 heterocycles. The van der Waals surface area contributed by atoms with Crippen LogP contribution in [0.3, 0.4) is 0 Å². The predicted molar refractivity (Wildman–Crippen MR) is 34.6 cm³/mol. The molecule has 0 aromatic carbocycles. The lowest BCUT2D eigenvalue weighted by Crippen LogP contribution is -2.21. The summed E-state index contributed by atoms with van der Waals surface area (Å²) in [5, 5.41) is 0. The summed E-state index contributed by atoms with van der Waals surface area (Å²) in [6, 6.07) is -0.553. The minimum atomic E-state index is -0.553. The van der Waals surface area contributed by atoms with Crippen LogP contribution in [-0.4, -0.2) is 6.03 Å². The van der Waals surface area contributed by atoms with Gasteiger partial charge in [-0.3, -0.25) is 4.72 Å². The molecule has 0 rings (SSSR count). The standard InChI is InChI=1S/CH3N2OPS2/c2-1(4)3-7-5-6/h(H3,2,3,4). The summed E-state index contributed by atoms with van der Waals surface area (Å²) in [6.07, 6.45) is 0. The number of hydrogen-bond donors (Lipinski definition) is 2. The number of primary amides is 1.